The Balaban J connectivity index is 1.50. The van der Waals surface area contributed by atoms with Crippen LogP contribution in [-0.2, 0) is 14.8 Å². The van der Waals surface area contributed by atoms with Gasteiger partial charge in [-0.1, -0.05) is 6.42 Å². The fourth-order valence-corrected chi connectivity index (χ4v) is 6.55. The third-order valence-corrected chi connectivity index (χ3v) is 7.95. The van der Waals surface area contributed by atoms with Crippen LogP contribution in [0.1, 0.15) is 49.4 Å². The summed E-state index contributed by atoms with van der Waals surface area (Å²) in [7, 11) is -3.67. The molecule has 2 N–H and O–H groups in total. The first-order chi connectivity index (χ1) is 14.8. The van der Waals surface area contributed by atoms with Crippen LogP contribution in [-0.4, -0.2) is 47.6 Å². The molecule has 2 aliphatic heterocycles. The number of carbonyl (C=O) groups is 2. The predicted molar refractivity (Wildman–Crippen MR) is 116 cm³/mol. The molecule has 2 atom stereocenters. The number of anilines is 1. The molecule has 9 heteroatoms. The molecule has 2 unspecified atom stereocenters. The van der Waals surface area contributed by atoms with Gasteiger partial charge in [-0.3, -0.25) is 14.6 Å². The van der Waals surface area contributed by atoms with E-state index >= 15 is 0 Å². The van der Waals surface area contributed by atoms with Gasteiger partial charge in [0.1, 0.15) is 0 Å². The molecule has 3 heterocycles. The summed E-state index contributed by atoms with van der Waals surface area (Å²) in [5, 5.41) is 5.72. The fourth-order valence-electron chi connectivity index (χ4n) is 4.66. The molecular formula is C22H26N4O4S. The number of rotatable bonds is 5. The number of benzene rings is 1. The minimum absolute atomic E-state index is 0.0652. The Morgan fingerprint density at radius 1 is 1.00 bits per heavy atom. The zero-order valence-electron chi connectivity index (χ0n) is 17.3. The second-order valence-electron chi connectivity index (χ2n) is 8.16. The number of nitrogens with one attached hydrogen (secondary N) is 2. The maximum Gasteiger partial charge on any atom is 0.251 e. The van der Waals surface area contributed by atoms with E-state index in [-0.39, 0.29) is 34.8 Å². The summed E-state index contributed by atoms with van der Waals surface area (Å²) in [5.41, 5.74) is 1.11. The molecule has 2 aliphatic rings. The first-order valence-corrected chi connectivity index (χ1v) is 11.9. The Kier molecular flexibility index (Phi) is 6.06. The van der Waals surface area contributed by atoms with Crippen molar-refractivity contribution in [1.82, 2.24) is 14.6 Å². The van der Waals surface area contributed by atoms with Crippen molar-refractivity contribution in [1.29, 1.82) is 0 Å². The van der Waals surface area contributed by atoms with Crippen LogP contribution in [0.4, 0.5) is 5.69 Å². The van der Waals surface area contributed by atoms with Gasteiger partial charge in [0.15, 0.2) is 0 Å². The van der Waals surface area contributed by atoms with Crippen LogP contribution in [0.25, 0.3) is 0 Å². The average molecular weight is 443 g/mol. The molecule has 8 nitrogen and oxygen atoms in total. The number of hydrogen-bond donors (Lipinski definition) is 2. The van der Waals surface area contributed by atoms with E-state index in [4.69, 9.17) is 0 Å². The second-order valence-corrected chi connectivity index (χ2v) is 10.00. The maximum absolute atomic E-state index is 13.4. The minimum atomic E-state index is -3.67. The largest absolute Gasteiger partial charge is 0.349 e. The molecule has 31 heavy (non-hydrogen) atoms. The smallest absolute Gasteiger partial charge is 0.251 e. The van der Waals surface area contributed by atoms with Gasteiger partial charge in [0, 0.05) is 48.7 Å². The zero-order chi connectivity index (χ0) is 22.0. The molecule has 0 saturated carbocycles. The Labute approximate surface area is 182 Å². The van der Waals surface area contributed by atoms with Gasteiger partial charge >= 0.3 is 0 Å². The van der Waals surface area contributed by atoms with Crippen LogP contribution in [0.2, 0.25) is 0 Å². The van der Waals surface area contributed by atoms with Crippen LogP contribution >= 0.6 is 0 Å². The molecule has 2 saturated heterocycles. The molecule has 0 spiro atoms. The highest BCUT2D eigenvalue weighted by Crippen LogP contribution is 2.38. The molecule has 164 valence electrons. The second kappa shape index (κ2) is 8.76. The Morgan fingerprint density at radius 2 is 1.61 bits per heavy atom. The lowest BCUT2D eigenvalue weighted by Gasteiger charge is -2.47. The monoisotopic (exact) mass is 442 g/mol. The lowest BCUT2D eigenvalue weighted by atomic mass is 9.84. The third kappa shape index (κ3) is 4.62. The number of aromatic nitrogens is 1. The van der Waals surface area contributed by atoms with Crippen molar-refractivity contribution >= 4 is 27.5 Å². The summed E-state index contributed by atoms with van der Waals surface area (Å²) < 4.78 is 28.5. The number of sulfonamides is 1. The van der Waals surface area contributed by atoms with Crippen LogP contribution in [0.5, 0.6) is 0 Å². The van der Waals surface area contributed by atoms with E-state index in [1.54, 1.807) is 41.0 Å². The summed E-state index contributed by atoms with van der Waals surface area (Å²) >= 11 is 0. The predicted octanol–water partition coefficient (Wildman–Crippen LogP) is 2.54. The van der Waals surface area contributed by atoms with Crippen molar-refractivity contribution in [3.8, 4) is 0 Å². The van der Waals surface area contributed by atoms with Crippen molar-refractivity contribution in [3.05, 3.63) is 54.4 Å². The van der Waals surface area contributed by atoms with Gasteiger partial charge in [-0.15, -0.1) is 0 Å². The highest BCUT2D eigenvalue weighted by Gasteiger charge is 2.45. The number of carbonyl (C=O) groups excluding carboxylic acids is 2. The van der Waals surface area contributed by atoms with E-state index in [1.807, 2.05) is 0 Å². The van der Waals surface area contributed by atoms with Gasteiger partial charge in [-0.25, -0.2) is 8.42 Å². The number of nitrogens with zero attached hydrogens (tertiary/aromatic N) is 2. The lowest BCUT2D eigenvalue weighted by Crippen LogP contribution is -2.58. The van der Waals surface area contributed by atoms with Crippen LogP contribution < -0.4 is 10.6 Å². The Morgan fingerprint density at radius 3 is 2.19 bits per heavy atom. The molecule has 2 fully saturated rings. The average Bonchev–Trinajstić information content (AvgIpc) is 2.73. The summed E-state index contributed by atoms with van der Waals surface area (Å²) in [4.78, 5) is 27.9. The molecular weight excluding hydrogens is 416 g/mol. The molecule has 2 amide bonds. The van der Waals surface area contributed by atoms with Gasteiger partial charge in [0.05, 0.1) is 4.90 Å². The molecule has 0 aliphatic carbocycles. The summed E-state index contributed by atoms with van der Waals surface area (Å²) in [6.45, 7) is 1.41. The topological polar surface area (TPSA) is 108 Å². The zero-order valence-corrected chi connectivity index (χ0v) is 18.1. The molecule has 2 bridgehead atoms. The number of pyridine rings is 1. The minimum Gasteiger partial charge on any atom is -0.349 e. The van der Waals surface area contributed by atoms with Gasteiger partial charge in [-0.05, 0) is 62.1 Å². The van der Waals surface area contributed by atoms with E-state index in [1.165, 1.54) is 19.1 Å². The van der Waals surface area contributed by atoms with Crippen molar-refractivity contribution in [3.63, 3.8) is 0 Å². The van der Waals surface area contributed by atoms with Crippen molar-refractivity contribution < 1.29 is 18.0 Å². The molecule has 4 rings (SSSR count). The quantitative estimate of drug-likeness (QED) is 0.740. The highest BCUT2D eigenvalue weighted by atomic mass is 32.2. The van der Waals surface area contributed by atoms with E-state index < -0.39 is 10.0 Å². The Bertz CT molecular complexity index is 1040. The van der Waals surface area contributed by atoms with Crippen LogP contribution in [0, 0.1) is 0 Å². The van der Waals surface area contributed by atoms with Gasteiger partial charge < -0.3 is 10.6 Å². The molecule has 2 aromatic rings. The van der Waals surface area contributed by atoms with Gasteiger partial charge in [0.25, 0.3) is 5.91 Å². The molecule has 0 radical (unpaired) electrons. The standard InChI is InChI=1S/C22H26N4O4S/c1-15(27)24-17-5-7-21(8-6-17)31(29,30)26-19-3-2-4-20(26)14-18(13-19)25-22(28)16-9-11-23-12-10-16/h5-12,18-20H,2-4,13-14H2,1H3,(H,24,27)(H,25,28). The van der Waals surface area contributed by atoms with E-state index in [9.17, 15) is 18.0 Å². The molecule has 1 aromatic heterocycles. The van der Waals surface area contributed by atoms with E-state index in [0.717, 1.165) is 19.3 Å². The fraction of sp³-hybridized carbons (Fsp3) is 0.409. The summed E-state index contributed by atoms with van der Waals surface area (Å²) in [6, 6.07) is 9.26. The van der Waals surface area contributed by atoms with Crippen molar-refractivity contribution in [2.45, 2.75) is 62.0 Å². The van der Waals surface area contributed by atoms with Crippen molar-refractivity contribution in [2.24, 2.45) is 0 Å². The van der Waals surface area contributed by atoms with Crippen LogP contribution in [0.15, 0.2) is 53.7 Å². The number of piperidine rings is 2. The van der Waals surface area contributed by atoms with Gasteiger partial charge in [-0.2, -0.15) is 4.31 Å². The third-order valence-electron chi connectivity index (χ3n) is 5.94. The number of fused-ring (bicyclic) bond motifs is 2. The summed E-state index contributed by atoms with van der Waals surface area (Å²) in [5.74, 6) is -0.364. The normalized spacial score (nSPS) is 23.7. The number of amides is 2. The Hall–Kier alpha value is -2.78. The SMILES string of the molecule is CC(=O)Nc1ccc(S(=O)(=O)N2C3CCCC2CC(NC(=O)c2ccncc2)C3)cc1. The van der Waals surface area contributed by atoms with Crippen molar-refractivity contribution in [2.75, 3.05) is 5.32 Å². The summed E-state index contributed by atoms with van der Waals surface area (Å²) in [6.07, 6.45) is 6.88. The number of hydrogen-bond acceptors (Lipinski definition) is 5. The molecule has 1 aromatic carbocycles. The first kappa shape index (κ1) is 21.5. The van der Waals surface area contributed by atoms with Gasteiger partial charge in [0.2, 0.25) is 15.9 Å². The maximum atomic E-state index is 13.4. The van der Waals surface area contributed by atoms with Crippen LogP contribution in [0.3, 0.4) is 0 Å². The van der Waals surface area contributed by atoms with E-state index in [0.29, 0.717) is 24.1 Å². The first-order valence-electron chi connectivity index (χ1n) is 10.5. The highest BCUT2D eigenvalue weighted by molar-refractivity contribution is 7.89. The van der Waals surface area contributed by atoms with E-state index in [2.05, 4.69) is 15.6 Å². The lowest BCUT2D eigenvalue weighted by molar-refractivity contribution is -0.114.